The first-order valence-electron chi connectivity index (χ1n) is 10.5. The molecule has 2 aromatic rings. The lowest BCUT2D eigenvalue weighted by Crippen LogP contribution is -2.49. The fourth-order valence-electron chi connectivity index (χ4n) is 3.79. The van der Waals surface area contributed by atoms with Gasteiger partial charge in [0.1, 0.15) is 6.54 Å². The highest BCUT2D eigenvalue weighted by Crippen LogP contribution is 2.32. The van der Waals surface area contributed by atoms with E-state index in [0.717, 1.165) is 22.7 Å². The molecule has 0 radical (unpaired) electrons. The van der Waals surface area contributed by atoms with Crippen molar-refractivity contribution < 1.29 is 27.8 Å². The minimum absolute atomic E-state index is 0.0266. The van der Waals surface area contributed by atoms with Crippen molar-refractivity contribution in [1.29, 1.82) is 0 Å². The van der Waals surface area contributed by atoms with Crippen LogP contribution in [0.1, 0.15) is 31.2 Å². The molecule has 0 heterocycles. The van der Waals surface area contributed by atoms with Gasteiger partial charge in [-0.05, 0) is 44.0 Å². The van der Waals surface area contributed by atoms with E-state index < -0.39 is 28.6 Å². The van der Waals surface area contributed by atoms with Crippen molar-refractivity contribution in [3.05, 3.63) is 48.0 Å². The van der Waals surface area contributed by atoms with E-state index in [1.54, 1.807) is 24.3 Å². The van der Waals surface area contributed by atoms with Gasteiger partial charge < -0.3 is 19.9 Å². The van der Waals surface area contributed by atoms with Gasteiger partial charge in [0.05, 0.1) is 36.9 Å². The van der Waals surface area contributed by atoms with Crippen LogP contribution in [0, 0.1) is 6.92 Å². The van der Waals surface area contributed by atoms with Gasteiger partial charge in [-0.1, -0.05) is 30.5 Å². The molecule has 1 aliphatic carbocycles. The van der Waals surface area contributed by atoms with Crippen LogP contribution < -0.4 is 19.1 Å². The molecular formula is C23H30N2O6S. The quantitative estimate of drug-likeness (QED) is 0.625. The largest absolute Gasteiger partial charge is 0.493 e. The molecule has 174 valence electrons. The number of ether oxygens (including phenoxy) is 2. The number of nitrogens with zero attached hydrogens (tertiary/aromatic N) is 1. The summed E-state index contributed by atoms with van der Waals surface area (Å²) < 4.78 is 38.7. The maximum absolute atomic E-state index is 13.6. The lowest BCUT2D eigenvalue weighted by molar-refractivity contribution is -0.121. The monoisotopic (exact) mass is 462 g/mol. The fraction of sp³-hybridized carbons (Fsp3) is 0.435. The number of amides is 1. The Labute approximate surface area is 189 Å². The molecule has 2 N–H and O–H groups in total. The minimum Gasteiger partial charge on any atom is -0.493 e. The number of aryl methyl sites for hydroxylation is 1. The molecule has 8 nitrogen and oxygen atoms in total. The topological polar surface area (TPSA) is 105 Å². The van der Waals surface area contributed by atoms with Crippen molar-refractivity contribution in [2.75, 3.05) is 25.1 Å². The Morgan fingerprint density at radius 2 is 1.72 bits per heavy atom. The van der Waals surface area contributed by atoms with Gasteiger partial charge in [-0.25, -0.2) is 8.42 Å². The molecule has 32 heavy (non-hydrogen) atoms. The number of sulfonamides is 1. The number of hydrogen-bond acceptors (Lipinski definition) is 6. The van der Waals surface area contributed by atoms with Crippen molar-refractivity contribution in [3.8, 4) is 11.5 Å². The molecule has 2 aromatic carbocycles. The zero-order valence-corrected chi connectivity index (χ0v) is 19.4. The molecule has 0 aliphatic heterocycles. The summed E-state index contributed by atoms with van der Waals surface area (Å²) in [7, 11) is -1.21. The average Bonchev–Trinajstić information content (AvgIpc) is 2.79. The average molecular weight is 463 g/mol. The molecule has 0 unspecified atom stereocenters. The smallest absolute Gasteiger partial charge is 0.264 e. The minimum atomic E-state index is -4.10. The third-order valence-corrected chi connectivity index (χ3v) is 7.40. The number of aliphatic hydroxyl groups excluding tert-OH is 1. The van der Waals surface area contributed by atoms with Gasteiger partial charge in [-0.2, -0.15) is 0 Å². The van der Waals surface area contributed by atoms with Gasteiger partial charge in [-0.15, -0.1) is 0 Å². The van der Waals surface area contributed by atoms with Crippen LogP contribution in [0.25, 0.3) is 0 Å². The van der Waals surface area contributed by atoms with E-state index in [0.29, 0.717) is 24.3 Å². The SMILES string of the molecule is COc1ccc(S(=O)(=O)N(CC(=O)N[C@H]2CCCC[C@H]2O)c2ccc(C)cc2)cc1OC. The molecule has 1 saturated carbocycles. The Morgan fingerprint density at radius 1 is 1.06 bits per heavy atom. The van der Waals surface area contributed by atoms with E-state index in [-0.39, 0.29) is 16.7 Å². The Morgan fingerprint density at radius 3 is 2.34 bits per heavy atom. The summed E-state index contributed by atoms with van der Waals surface area (Å²) in [4.78, 5) is 12.8. The van der Waals surface area contributed by atoms with Crippen molar-refractivity contribution in [2.45, 2.75) is 49.6 Å². The number of aliphatic hydroxyl groups is 1. The predicted molar refractivity (Wildman–Crippen MR) is 122 cm³/mol. The highest BCUT2D eigenvalue weighted by molar-refractivity contribution is 7.92. The standard InChI is InChI=1S/C23H30N2O6S/c1-16-8-10-17(11-9-16)25(15-23(27)24-19-6-4-5-7-20(19)26)32(28,29)18-12-13-21(30-2)22(14-18)31-3/h8-14,19-20,26H,4-7,15H2,1-3H3,(H,24,27)/t19-,20+/m0/s1. The summed E-state index contributed by atoms with van der Waals surface area (Å²) >= 11 is 0. The first kappa shape index (κ1) is 23.9. The number of carbonyl (C=O) groups is 1. The van der Waals surface area contributed by atoms with Crippen LogP contribution in [0.2, 0.25) is 0 Å². The van der Waals surface area contributed by atoms with Gasteiger partial charge in [0, 0.05) is 6.07 Å². The van der Waals surface area contributed by atoms with Gasteiger partial charge >= 0.3 is 0 Å². The molecule has 9 heteroatoms. The number of nitrogens with one attached hydrogen (secondary N) is 1. The molecule has 0 bridgehead atoms. The maximum Gasteiger partial charge on any atom is 0.264 e. The van der Waals surface area contributed by atoms with Gasteiger partial charge in [-0.3, -0.25) is 9.10 Å². The first-order chi connectivity index (χ1) is 15.3. The van der Waals surface area contributed by atoms with E-state index in [1.165, 1.54) is 32.4 Å². The van der Waals surface area contributed by atoms with E-state index in [4.69, 9.17) is 9.47 Å². The second kappa shape index (κ2) is 10.2. The Kier molecular flexibility index (Phi) is 7.63. The third-order valence-electron chi connectivity index (χ3n) is 5.63. The van der Waals surface area contributed by atoms with Crippen molar-refractivity contribution >= 4 is 21.6 Å². The van der Waals surface area contributed by atoms with Crippen LogP contribution in [-0.2, 0) is 14.8 Å². The van der Waals surface area contributed by atoms with Crippen molar-refractivity contribution in [3.63, 3.8) is 0 Å². The maximum atomic E-state index is 13.6. The van der Waals surface area contributed by atoms with Gasteiger partial charge in [0.25, 0.3) is 10.0 Å². The Bertz CT molecular complexity index is 1040. The molecule has 1 fully saturated rings. The third kappa shape index (κ3) is 5.34. The van der Waals surface area contributed by atoms with Crippen LogP contribution in [0.15, 0.2) is 47.4 Å². The van der Waals surface area contributed by atoms with E-state index in [1.807, 2.05) is 6.92 Å². The highest BCUT2D eigenvalue weighted by atomic mass is 32.2. The van der Waals surface area contributed by atoms with E-state index in [2.05, 4.69) is 5.32 Å². The zero-order chi connectivity index (χ0) is 23.3. The zero-order valence-electron chi connectivity index (χ0n) is 18.6. The molecule has 1 amide bonds. The molecule has 3 rings (SSSR count). The lowest BCUT2D eigenvalue weighted by Gasteiger charge is -2.30. The second-order valence-corrected chi connectivity index (χ2v) is 9.75. The summed E-state index contributed by atoms with van der Waals surface area (Å²) in [5.74, 6) is 0.199. The molecule has 1 aliphatic rings. The molecule has 0 saturated heterocycles. The summed E-state index contributed by atoms with van der Waals surface area (Å²) in [5.41, 5.74) is 1.33. The molecular weight excluding hydrogens is 432 g/mol. The summed E-state index contributed by atoms with van der Waals surface area (Å²) in [6, 6.07) is 10.8. The number of anilines is 1. The van der Waals surface area contributed by atoms with Gasteiger partial charge in [0.2, 0.25) is 5.91 Å². The van der Waals surface area contributed by atoms with Crippen molar-refractivity contribution in [2.24, 2.45) is 0 Å². The van der Waals surface area contributed by atoms with Gasteiger partial charge in [0.15, 0.2) is 11.5 Å². The van der Waals surface area contributed by atoms with Crippen LogP contribution in [0.4, 0.5) is 5.69 Å². The fourth-order valence-corrected chi connectivity index (χ4v) is 5.23. The van der Waals surface area contributed by atoms with Crippen LogP contribution in [0.5, 0.6) is 11.5 Å². The highest BCUT2D eigenvalue weighted by Gasteiger charge is 2.30. The Hall–Kier alpha value is -2.78. The molecule has 0 spiro atoms. The van der Waals surface area contributed by atoms with Crippen molar-refractivity contribution in [1.82, 2.24) is 5.32 Å². The van der Waals surface area contributed by atoms with E-state index >= 15 is 0 Å². The van der Waals surface area contributed by atoms with Crippen LogP contribution in [-0.4, -0.2) is 52.3 Å². The van der Waals surface area contributed by atoms with E-state index in [9.17, 15) is 18.3 Å². The normalized spacial score (nSPS) is 18.6. The van der Waals surface area contributed by atoms with Crippen LogP contribution in [0.3, 0.4) is 0 Å². The Balaban J connectivity index is 1.93. The number of carbonyl (C=O) groups excluding carboxylic acids is 1. The second-order valence-electron chi connectivity index (χ2n) is 7.89. The number of hydrogen-bond donors (Lipinski definition) is 2. The number of methoxy groups -OCH3 is 2. The lowest BCUT2D eigenvalue weighted by atomic mass is 9.92. The molecule has 0 aromatic heterocycles. The van der Waals surface area contributed by atoms with Crippen LogP contribution >= 0.6 is 0 Å². The summed E-state index contributed by atoms with van der Waals surface area (Å²) in [6.07, 6.45) is 2.49. The number of benzene rings is 2. The first-order valence-corrected chi connectivity index (χ1v) is 12.0. The number of rotatable bonds is 8. The summed E-state index contributed by atoms with van der Waals surface area (Å²) in [5, 5.41) is 13.0. The molecule has 2 atom stereocenters. The predicted octanol–water partition coefficient (Wildman–Crippen LogP) is 2.63. The summed E-state index contributed by atoms with van der Waals surface area (Å²) in [6.45, 7) is 1.48.